The molecule has 0 unspecified atom stereocenters. The SMILES string of the molecule is C[C@@H](c1ccc(F)cc1)N1CCN(c2cc(Oc3cccc4c3NCC(=O)C4)ncn2)CC1. The number of nitrogens with one attached hydrogen (secondary N) is 1. The normalized spacial score (nSPS) is 17.3. The molecule has 2 aromatic carbocycles. The van der Waals surface area contributed by atoms with Crippen molar-refractivity contribution < 1.29 is 13.9 Å². The van der Waals surface area contributed by atoms with Crippen LogP contribution in [0.2, 0.25) is 0 Å². The number of rotatable bonds is 5. The molecule has 1 aromatic heterocycles. The van der Waals surface area contributed by atoms with Crippen molar-refractivity contribution in [3.05, 3.63) is 71.8 Å². The van der Waals surface area contributed by atoms with Crippen LogP contribution < -0.4 is 15.0 Å². The molecule has 5 rings (SSSR count). The number of aromatic nitrogens is 2. The number of fused-ring (bicyclic) bond motifs is 1. The van der Waals surface area contributed by atoms with E-state index in [0.29, 0.717) is 24.6 Å². The molecule has 0 saturated carbocycles. The van der Waals surface area contributed by atoms with E-state index in [1.165, 1.54) is 18.5 Å². The van der Waals surface area contributed by atoms with Crippen molar-refractivity contribution in [3.63, 3.8) is 0 Å². The number of carbonyl (C=O) groups excluding carboxylic acids is 1. The van der Waals surface area contributed by atoms with Crippen LogP contribution in [0.15, 0.2) is 54.9 Å². The highest BCUT2D eigenvalue weighted by atomic mass is 19.1. The molecule has 3 heterocycles. The number of nitrogens with zero attached hydrogens (tertiary/aromatic N) is 4. The van der Waals surface area contributed by atoms with Gasteiger partial charge in [0.25, 0.3) is 0 Å². The third kappa shape index (κ3) is 4.66. The standard InChI is InChI=1S/C25H26FN5O2/c1-17(18-5-7-20(26)8-6-18)30-9-11-31(12-10-30)23-14-24(29-16-28-23)33-22-4-2-3-19-13-21(32)15-27-25(19)22/h2-8,14,16-17,27H,9-13,15H2,1H3/t17-/m0/s1. The number of hydrogen-bond donors (Lipinski definition) is 1. The summed E-state index contributed by atoms with van der Waals surface area (Å²) in [5.41, 5.74) is 2.90. The van der Waals surface area contributed by atoms with Crippen molar-refractivity contribution in [2.45, 2.75) is 19.4 Å². The van der Waals surface area contributed by atoms with E-state index in [1.807, 2.05) is 36.4 Å². The lowest BCUT2D eigenvalue weighted by atomic mass is 10.0. The molecule has 3 aromatic rings. The first-order valence-electron chi connectivity index (χ1n) is 11.2. The number of hydrogen-bond acceptors (Lipinski definition) is 7. The predicted molar refractivity (Wildman–Crippen MR) is 124 cm³/mol. The molecule has 1 atom stereocenters. The van der Waals surface area contributed by atoms with Crippen molar-refractivity contribution in [2.24, 2.45) is 0 Å². The van der Waals surface area contributed by atoms with Gasteiger partial charge in [-0.15, -0.1) is 0 Å². The summed E-state index contributed by atoms with van der Waals surface area (Å²) in [6, 6.07) is 14.5. The van der Waals surface area contributed by atoms with Gasteiger partial charge >= 0.3 is 0 Å². The fourth-order valence-corrected chi connectivity index (χ4v) is 4.43. The van der Waals surface area contributed by atoms with Crippen LogP contribution in [0.1, 0.15) is 24.1 Å². The van der Waals surface area contributed by atoms with Gasteiger partial charge in [0.15, 0.2) is 11.5 Å². The Morgan fingerprint density at radius 1 is 1.06 bits per heavy atom. The monoisotopic (exact) mass is 447 g/mol. The zero-order valence-corrected chi connectivity index (χ0v) is 18.5. The summed E-state index contributed by atoms with van der Waals surface area (Å²) < 4.78 is 19.3. The molecule has 8 heteroatoms. The van der Waals surface area contributed by atoms with Gasteiger partial charge in [-0.25, -0.2) is 14.4 Å². The van der Waals surface area contributed by atoms with Gasteiger partial charge in [0.2, 0.25) is 5.88 Å². The van der Waals surface area contributed by atoms with Gasteiger partial charge in [0.05, 0.1) is 12.2 Å². The second-order valence-electron chi connectivity index (χ2n) is 8.43. The van der Waals surface area contributed by atoms with Gasteiger partial charge in [-0.1, -0.05) is 24.3 Å². The first-order chi connectivity index (χ1) is 16.1. The summed E-state index contributed by atoms with van der Waals surface area (Å²) >= 11 is 0. The Balaban J connectivity index is 1.25. The summed E-state index contributed by atoms with van der Waals surface area (Å²) in [5, 5.41) is 3.16. The Labute approximate surface area is 192 Å². The summed E-state index contributed by atoms with van der Waals surface area (Å²) in [7, 11) is 0. The molecule has 0 bridgehead atoms. The minimum atomic E-state index is -0.210. The summed E-state index contributed by atoms with van der Waals surface area (Å²) in [6.07, 6.45) is 1.93. The third-order valence-electron chi connectivity index (χ3n) is 6.34. The van der Waals surface area contributed by atoms with Crippen LogP contribution in [0.3, 0.4) is 0 Å². The largest absolute Gasteiger partial charge is 0.437 e. The van der Waals surface area contributed by atoms with Crippen molar-refractivity contribution in [3.8, 4) is 11.6 Å². The van der Waals surface area contributed by atoms with Gasteiger partial charge in [-0.05, 0) is 36.2 Å². The van der Waals surface area contributed by atoms with Crippen molar-refractivity contribution in [1.29, 1.82) is 0 Å². The van der Waals surface area contributed by atoms with Gasteiger partial charge < -0.3 is 15.0 Å². The van der Waals surface area contributed by atoms with Crippen LogP contribution >= 0.6 is 0 Å². The van der Waals surface area contributed by atoms with Crippen molar-refractivity contribution in [2.75, 3.05) is 42.9 Å². The highest BCUT2D eigenvalue weighted by Crippen LogP contribution is 2.34. The highest BCUT2D eigenvalue weighted by Gasteiger charge is 2.24. The summed E-state index contributed by atoms with van der Waals surface area (Å²) in [5.74, 6) is 1.90. The molecule has 2 aliphatic heterocycles. The van der Waals surface area contributed by atoms with Crippen molar-refractivity contribution >= 4 is 17.3 Å². The lowest BCUT2D eigenvalue weighted by molar-refractivity contribution is -0.117. The molecule has 1 saturated heterocycles. The number of benzene rings is 2. The Morgan fingerprint density at radius 2 is 1.85 bits per heavy atom. The van der Waals surface area contributed by atoms with Gasteiger partial charge in [-0.3, -0.25) is 9.69 Å². The van der Waals surface area contributed by atoms with E-state index in [2.05, 4.69) is 32.0 Å². The minimum absolute atomic E-state index is 0.164. The number of carbonyl (C=O) groups is 1. The average Bonchev–Trinajstić information content (AvgIpc) is 2.84. The number of piperazine rings is 1. The zero-order chi connectivity index (χ0) is 22.8. The topological polar surface area (TPSA) is 70.6 Å². The second kappa shape index (κ2) is 9.15. The maximum absolute atomic E-state index is 13.2. The molecule has 0 spiro atoms. The highest BCUT2D eigenvalue weighted by molar-refractivity contribution is 5.90. The quantitative estimate of drug-likeness (QED) is 0.637. The third-order valence-corrected chi connectivity index (χ3v) is 6.34. The Hall–Kier alpha value is -3.52. The van der Waals surface area contributed by atoms with Crippen LogP contribution in [0.5, 0.6) is 11.6 Å². The first kappa shape index (κ1) is 21.3. The molecular weight excluding hydrogens is 421 g/mol. The number of para-hydroxylation sites is 1. The van der Waals surface area contributed by atoms with Gasteiger partial charge in [0, 0.05) is 44.7 Å². The molecule has 2 aliphatic rings. The smallest absolute Gasteiger partial charge is 0.224 e. The van der Waals surface area contributed by atoms with E-state index in [1.54, 1.807) is 0 Å². The number of ketones is 1. The van der Waals surface area contributed by atoms with E-state index >= 15 is 0 Å². The minimum Gasteiger partial charge on any atom is -0.437 e. The fourth-order valence-electron chi connectivity index (χ4n) is 4.43. The maximum atomic E-state index is 13.2. The van der Waals surface area contributed by atoms with Gasteiger partial charge in [-0.2, -0.15) is 0 Å². The molecule has 170 valence electrons. The number of Topliss-reactive ketones (excluding diaryl/α,β-unsaturated/α-hetero) is 1. The Kier molecular flexibility index (Phi) is 5.92. The summed E-state index contributed by atoms with van der Waals surface area (Å²) in [4.78, 5) is 25.1. The van der Waals surface area contributed by atoms with E-state index < -0.39 is 0 Å². The molecule has 7 nitrogen and oxygen atoms in total. The average molecular weight is 448 g/mol. The Morgan fingerprint density at radius 3 is 2.64 bits per heavy atom. The number of anilines is 2. The first-order valence-corrected chi connectivity index (χ1v) is 11.2. The Bertz CT molecular complexity index is 1150. The second-order valence-corrected chi connectivity index (χ2v) is 8.43. The maximum Gasteiger partial charge on any atom is 0.224 e. The van der Waals surface area contributed by atoms with Crippen LogP contribution in [0, 0.1) is 5.82 Å². The molecule has 1 fully saturated rings. The molecule has 0 amide bonds. The zero-order valence-electron chi connectivity index (χ0n) is 18.5. The number of ether oxygens (including phenoxy) is 1. The van der Waals surface area contributed by atoms with Crippen molar-refractivity contribution in [1.82, 2.24) is 14.9 Å². The van der Waals surface area contributed by atoms with Crippen LogP contribution in [-0.4, -0.2) is 53.4 Å². The van der Waals surface area contributed by atoms with Gasteiger partial charge in [0.1, 0.15) is 18.0 Å². The fraction of sp³-hybridized carbons (Fsp3) is 0.320. The number of halogens is 1. The molecular formula is C25H26FN5O2. The molecule has 1 N–H and O–H groups in total. The lowest BCUT2D eigenvalue weighted by Gasteiger charge is -2.38. The van der Waals surface area contributed by atoms with E-state index in [0.717, 1.165) is 48.8 Å². The van der Waals surface area contributed by atoms with E-state index in [4.69, 9.17) is 4.74 Å². The molecule has 0 aliphatic carbocycles. The van der Waals surface area contributed by atoms with E-state index in [9.17, 15) is 9.18 Å². The lowest BCUT2D eigenvalue weighted by Crippen LogP contribution is -2.47. The van der Waals surface area contributed by atoms with Crippen LogP contribution in [-0.2, 0) is 11.2 Å². The summed E-state index contributed by atoms with van der Waals surface area (Å²) in [6.45, 7) is 5.87. The van der Waals surface area contributed by atoms with Crippen LogP contribution in [0.4, 0.5) is 15.9 Å². The van der Waals surface area contributed by atoms with E-state index in [-0.39, 0.29) is 17.6 Å². The molecule has 33 heavy (non-hydrogen) atoms. The van der Waals surface area contributed by atoms with Crippen LogP contribution in [0.25, 0.3) is 0 Å². The molecule has 0 radical (unpaired) electrons. The predicted octanol–water partition coefficient (Wildman–Crippen LogP) is 3.83.